The molecule has 4 heteroatoms. The lowest BCUT2D eigenvalue weighted by Crippen LogP contribution is -2.17. The molecular formula is C15H19N3O. The Hall–Kier alpha value is -1.68. The van der Waals surface area contributed by atoms with Crippen LogP contribution < -0.4 is 5.73 Å². The van der Waals surface area contributed by atoms with Gasteiger partial charge in [-0.05, 0) is 29.9 Å². The lowest BCUT2D eigenvalue weighted by atomic mass is 10.0. The number of hydrogen-bond donors (Lipinski definition) is 1. The first-order valence-electron chi connectivity index (χ1n) is 6.83. The highest BCUT2D eigenvalue weighted by Gasteiger charge is 2.28. The largest absolute Gasteiger partial charge is 0.338 e. The average Bonchev–Trinajstić information content (AvgIpc) is 3.03. The van der Waals surface area contributed by atoms with Crippen LogP contribution in [0.1, 0.15) is 55.1 Å². The van der Waals surface area contributed by atoms with Crippen molar-refractivity contribution in [3.8, 4) is 0 Å². The highest BCUT2D eigenvalue weighted by Crippen LogP contribution is 2.36. The summed E-state index contributed by atoms with van der Waals surface area (Å²) in [4.78, 5) is 4.51. The average molecular weight is 257 g/mol. The molecule has 0 aliphatic heterocycles. The molecule has 19 heavy (non-hydrogen) atoms. The van der Waals surface area contributed by atoms with E-state index in [4.69, 9.17) is 10.3 Å². The molecule has 2 aromatic rings. The standard InChI is InChI=1S/C15H19N3O/c1-9(2)13(16)15-17-14(18-19-15)12-8-7-10-5-3-4-6-11(10)12/h3-6,9,12-13H,7-8,16H2,1-2H3/t12?,13-/m0/s1. The predicted molar refractivity (Wildman–Crippen MR) is 72.7 cm³/mol. The molecule has 100 valence electrons. The van der Waals surface area contributed by atoms with Gasteiger partial charge in [0, 0.05) is 5.92 Å². The third-order valence-corrected chi connectivity index (χ3v) is 3.91. The Labute approximate surface area is 113 Å². The van der Waals surface area contributed by atoms with Gasteiger partial charge in [-0.25, -0.2) is 0 Å². The molecule has 0 saturated carbocycles. The molecule has 1 heterocycles. The van der Waals surface area contributed by atoms with Crippen LogP contribution in [-0.2, 0) is 6.42 Å². The molecule has 1 aromatic heterocycles. The molecule has 1 unspecified atom stereocenters. The number of aromatic nitrogens is 2. The summed E-state index contributed by atoms with van der Waals surface area (Å²) in [5.74, 6) is 1.88. The Morgan fingerprint density at radius 1 is 1.32 bits per heavy atom. The van der Waals surface area contributed by atoms with Crippen LogP contribution in [0.5, 0.6) is 0 Å². The Morgan fingerprint density at radius 3 is 2.89 bits per heavy atom. The second-order valence-electron chi connectivity index (χ2n) is 5.55. The van der Waals surface area contributed by atoms with Crippen molar-refractivity contribution in [3.63, 3.8) is 0 Å². The third kappa shape index (κ3) is 2.16. The molecule has 0 amide bonds. The van der Waals surface area contributed by atoms with Gasteiger partial charge < -0.3 is 10.3 Å². The van der Waals surface area contributed by atoms with Crippen molar-refractivity contribution in [2.24, 2.45) is 11.7 Å². The molecule has 0 radical (unpaired) electrons. The maximum absolute atomic E-state index is 6.05. The monoisotopic (exact) mass is 257 g/mol. The Kier molecular flexibility index (Phi) is 3.11. The van der Waals surface area contributed by atoms with E-state index in [-0.39, 0.29) is 12.0 Å². The van der Waals surface area contributed by atoms with E-state index in [9.17, 15) is 0 Å². The van der Waals surface area contributed by atoms with E-state index in [2.05, 4.69) is 48.3 Å². The van der Waals surface area contributed by atoms with E-state index in [1.54, 1.807) is 0 Å². The van der Waals surface area contributed by atoms with Gasteiger partial charge in [-0.1, -0.05) is 43.3 Å². The van der Waals surface area contributed by atoms with E-state index in [0.29, 0.717) is 11.8 Å². The summed E-state index contributed by atoms with van der Waals surface area (Å²) < 4.78 is 5.33. The van der Waals surface area contributed by atoms with Crippen LogP contribution in [-0.4, -0.2) is 10.1 Å². The Morgan fingerprint density at radius 2 is 2.11 bits per heavy atom. The highest BCUT2D eigenvalue weighted by molar-refractivity contribution is 5.38. The molecule has 0 fully saturated rings. The van der Waals surface area contributed by atoms with Gasteiger partial charge >= 0.3 is 0 Å². The maximum atomic E-state index is 6.05. The van der Waals surface area contributed by atoms with Crippen molar-refractivity contribution in [1.82, 2.24) is 10.1 Å². The van der Waals surface area contributed by atoms with Crippen LogP contribution in [0.3, 0.4) is 0 Å². The first-order chi connectivity index (χ1) is 9.16. The molecule has 0 spiro atoms. The second-order valence-corrected chi connectivity index (χ2v) is 5.55. The Bertz CT molecular complexity index is 576. The maximum Gasteiger partial charge on any atom is 0.243 e. The number of nitrogens with zero attached hydrogens (tertiary/aromatic N) is 2. The highest BCUT2D eigenvalue weighted by atomic mass is 16.5. The number of nitrogens with two attached hydrogens (primary N) is 1. The van der Waals surface area contributed by atoms with E-state index in [0.717, 1.165) is 18.7 Å². The fourth-order valence-electron chi connectivity index (χ4n) is 2.63. The number of benzene rings is 1. The molecule has 4 nitrogen and oxygen atoms in total. The van der Waals surface area contributed by atoms with Crippen LogP contribution in [0, 0.1) is 5.92 Å². The molecule has 1 aromatic carbocycles. The van der Waals surface area contributed by atoms with Crippen LogP contribution in [0.15, 0.2) is 28.8 Å². The van der Waals surface area contributed by atoms with Gasteiger partial charge in [0.1, 0.15) is 0 Å². The van der Waals surface area contributed by atoms with Gasteiger partial charge in [0.2, 0.25) is 5.89 Å². The number of fused-ring (bicyclic) bond motifs is 1. The van der Waals surface area contributed by atoms with Gasteiger partial charge in [-0.3, -0.25) is 0 Å². The molecule has 1 aliphatic rings. The first-order valence-corrected chi connectivity index (χ1v) is 6.83. The van der Waals surface area contributed by atoms with Gasteiger partial charge in [-0.15, -0.1) is 0 Å². The molecule has 0 saturated heterocycles. The molecule has 0 bridgehead atoms. The van der Waals surface area contributed by atoms with Crippen molar-refractivity contribution < 1.29 is 4.52 Å². The fourth-order valence-corrected chi connectivity index (χ4v) is 2.63. The van der Waals surface area contributed by atoms with Crippen LogP contribution in [0.2, 0.25) is 0 Å². The van der Waals surface area contributed by atoms with Crippen LogP contribution in [0.4, 0.5) is 0 Å². The van der Waals surface area contributed by atoms with Crippen molar-refractivity contribution in [1.29, 1.82) is 0 Å². The van der Waals surface area contributed by atoms with Crippen molar-refractivity contribution in [2.45, 2.75) is 38.6 Å². The molecule has 1 aliphatic carbocycles. The predicted octanol–water partition coefficient (Wildman–Crippen LogP) is 2.80. The minimum Gasteiger partial charge on any atom is -0.338 e. The smallest absolute Gasteiger partial charge is 0.243 e. The summed E-state index contributed by atoms with van der Waals surface area (Å²) in [6.07, 6.45) is 2.14. The first kappa shape index (κ1) is 12.4. The normalized spacial score (nSPS) is 19.7. The lowest BCUT2D eigenvalue weighted by Gasteiger charge is -2.09. The number of hydrogen-bond acceptors (Lipinski definition) is 4. The van der Waals surface area contributed by atoms with Crippen LogP contribution >= 0.6 is 0 Å². The van der Waals surface area contributed by atoms with Crippen molar-refractivity contribution in [2.75, 3.05) is 0 Å². The van der Waals surface area contributed by atoms with E-state index < -0.39 is 0 Å². The summed E-state index contributed by atoms with van der Waals surface area (Å²) in [5, 5.41) is 4.13. The van der Waals surface area contributed by atoms with Gasteiger partial charge in [0.25, 0.3) is 0 Å². The number of rotatable bonds is 3. The quantitative estimate of drug-likeness (QED) is 0.918. The molecule has 2 atom stereocenters. The molecule has 3 rings (SSSR count). The minimum absolute atomic E-state index is 0.183. The summed E-state index contributed by atoms with van der Waals surface area (Å²) in [7, 11) is 0. The van der Waals surface area contributed by atoms with Gasteiger partial charge in [-0.2, -0.15) is 4.98 Å². The topological polar surface area (TPSA) is 64.9 Å². The second kappa shape index (κ2) is 4.78. The molecule has 2 N–H and O–H groups in total. The zero-order valence-corrected chi connectivity index (χ0v) is 11.3. The number of aryl methyl sites for hydroxylation is 1. The van der Waals surface area contributed by atoms with E-state index >= 15 is 0 Å². The summed E-state index contributed by atoms with van der Waals surface area (Å²) in [5.41, 5.74) is 8.77. The van der Waals surface area contributed by atoms with Crippen molar-refractivity contribution in [3.05, 3.63) is 47.1 Å². The summed E-state index contributed by atoms with van der Waals surface area (Å²) in [6, 6.07) is 8.30. The zero-order chi connectivity index (χ0) is 13.4. The Balaban J connectivity index is 1.89. The van der Waals surface area contributed by atoms with E-state index in [1.807, 2.05) is 0 Å². The third-order valence-electron chi connectivity index (χ3n) is 3.91. The summed E-state index contributed by atoms with van der Waals surface area (Å²) in [6.45, 7) is 4.11. The van der Waals surface area contributed by atoms with Gasteiger partial charge in [0.05, 0.1) is 6.04 Å². The van der Waals surface area contributed by atoms with Crippen molar-refractivity contribution >= 4 is 0 Å². The minimum atomic E-state index is -0.183. The zero-order valence-electron chi connectivity index (χ0n) is 11.3. The van der Waals surface area contributed by atoms with E-state index in [1.165, 1.54) is 11.1 Å². The molecular weight excluding hydrogens is 238 g/mol. The fraction of sp³-hybridized carbons (Fsp3) is 0.467. The summed E-state index contributed by atoms with van der Waals surface area (Å²) >= 11 is 0. The van der Waals surface area contributed by atoms with Crippen LogP contribution in [0.25, 0.3) is 0 Å². The van der Waals surface area contributed by atoms with Gasteiger partial charge in [0.15, 0.2) is 5.82 Å². The SMILES string of the molecule is CC(C)[C@H](N)c1nc(C2CCc3ccccc32)no1. The lowest BCUT2D eigenvalue weighted by molar-refractivity contribution is 0.321.